The first kappa shape index (κ1) is 16.7. The highest BCUT2D eigenvalue weighted by atomic mass is 35.5. The number of piperidine rings is 1. The predicted octanol–water partition coefficient (Wildman–Crippen LogP) is 3.33. The summed E-state index contributed by atoms with van der Waals surface area (Å²) in [7, 11) is 2.04. The van der Waals surface area contributed by atoms with Gasteiger partial charge in [0.1, 0.15) is 5.82 Å². The van der Waals surface area contributed by atoms with E-state index < -0.39 is 0 Å². The lowest BCUT2D eigenvalue weighted by molar-refractivity contribution is 0.235. The number of benzene rings is 1. The fourth-order valence-electron chi connectivity index (χ4n) is 2.54. The van der Waals surface area contributed by atoms with E-state index in [0.29, 0.717) is 23.0 Å². The highest BCUT2D eigenvalue weighted by molar-refractivity contribution is 6.30. The highest BCUT2D eigenvalue weighted by Crippen LogP contribution is 2.18. The Hall–Kier alpha value is -0.350. The van der Waals surface area contributed by atoms with Crippen molar-refractivity contribution in [3.05, 3.63) is 34.6 Å². The van der Waals surface area contributed by atoms with Crippen LogP contribution in [-0.2, 0) is 6.54 Å². The number of nitrogens with one attached hydrogen (secondary N) is 1. The zero-order valence-electron chi connectivity index (χ0n) is 11.2. The molecule has 19 heavy (non-hydrogen) atoms. The zero-order valence-corrected chi connectivity index (χ0v) is 12.7. The maximum Gasteiger partial charge on any atom is 0.127 e. The van der Waals surface area contributed by atoms with Gasteiger partial charge in [0.05, 0.1) is 0 Å². The van der Waals surface area contributed by atoms with E-state index in [1.807, 2.05) is 7.05 Å². The molecule has 1 unspecified atom stereocenters. The largest absolute Gasteiger partial charge is 0.316 e. The molecule has 0 saturated carbocycles. The van der Waals surface area contributed by atoms with Crippen LogP contribution in [-0.4, -0.2) is 31.6 Å². The lowest BCUT2D eigenvalue weighted by Crippen LogP contribution is -2.36. The average molecular weight is 307 g/mol. The van der Waals surface area contributed by atoms with Crippen LogP contribution in [0.2, 0.25) is 5.02 Å². The second kappa shape index (κ2) is 8.05. The topological polar surface area (TPSA) is 15.3 Å². The molecule has 1 aliphatic rings. The molecule has 1 aliphatic heterocycles. The maximum absolute atomic E-state index is 13.6. The zero-order chi connectivity index (χ0) is 13.0. The molecule has 1 N–H and O–H groups in total. The first-order valence-electron chi connectivity index (χ1n) is 6.48. The molecule has 1 saturated heterocycles. The summed E-state index contributed by atoms with van der Waals surface area (Å²) >= 11 is 5.90. The molecule has 2 nitrogen and oxygen atoms in total. The van der Waals surface area contributed by atoms with Crippen LogP contribution in [0.15, 0.2) is 18.2 Å². The van der Waals surface area contributed by atoms with Crippen molar-refractivity contribution in [1.82, 2.24) is 10.2 Å². The molecule has 0 spiro atoms. The van der Waals surface area contributed by atoms with Gasteiger partial charge in [-0.15, -0.1) is 12.4 Å². The molecule has 1 atom stereocenters. The summed E-state index contributed by atoms with van der Waals surface area (Å²) in [6.45, 7) is 3.81. The smallest absolute Gasteiger partial charge is 0.127 e. The molecule has 5 heteroatoms. The number of rotatable bonds is 4. The highest BCUT2D eigenvalue weighted by Gasteiger charge is 2.15. The van der Waals surface area contributed by atoms with Crippen LogP contribution < -0.4 is 5.32 Å². The second-order valence-electron chi connectivity index (χ2n) is 5.14. The molecular weight excluding hydrogens is 286 g/mol. The first-order valence-corrected chi connectivity index (χ1v) is 6.86. The van der Waals surface area contributed by atoms with Crippen LogP contribution in [0.4, 0.5) is 4.39 Å². The van der Waals surface area contributed by atoms with Crippen LogP contribution in [0.3, 0.4) is 0 Å². The van der Waals surface area contributed by atoms with Crippen molar-refractivity contribution in [1.29, 1.82) is 0 Å². The van der Waals surface area contributed by atoms with Crippen LogP contribution in [0, 0.1) is 11.7 Å². The SMILES string of the molecule is CN(Cc1cc(Cl)ccc1F)CC1CCCNC1.Cl. The molecule has 1 aromatic rings. The van der Waals surface area contributed by atoms with Gasteiger partial charge >= 0.3 is 0 Å². The minimum absolute atomic E-state index is 0. The van der Waals surface area contributed by atoms with E-state index in [4.69, 9.17) is 11.6 Å². The van der Waals surface area contributed by atoms with Crippen molar-refractivity contribution in [2.24, 2.45) is 5.92 Å². The Morgan fingerprint density at radius 3 is 2.95 bits per heavy atom. The average Bonchev–Trinajstić information content (AvgIpc) is 2.35. The van der Waals surface area contributed by atoms with E-state index in [1.165, 1.54) is 18.9 Å². The summed E-state index contributed by atoms with van der Waals surface area (Å²) in [6.07, 6.45) is 2.50. The van der Waals surface area contributed by atoms with E-state index in [-0.39, 0.29) is 18.2 Å². The third kappa shape index (κ3) is 5.27. The summed E-state index contributed by atoms with van der Waals surface area (Å²) < 4.78 is 13.6. The van der Waals surface area contributed by atoms with Crippen molar-refractivity contribution < 1.29 is 4.39 Å². The number of halogens is 3. The van der Waals surface area contributed by atoms with Crippen LogP contribution in [0.1, 0.15) is 18.4 Å². The molecule has 1 heterocycles. The lowest BCUT2D eigenvalue weighted by Gasteiger charge is -2.27. The summed E-state index contributed by atoms with van der Waals surface area (Å²) in [6, 6.07) is 4.74. The summed E-state index contributed by atoms with van der Waals surface area (Å²) in [4.78, 5) is 2.17. The van der Waals surface area contributed by atoms with Gasteiger partial charge in [-0.2, -0.15) is 0 Å². The molecular formula is C14H21Cl2FN2. The summed E-state index contributed by atoms with van der Waals surface area (Å²) in [5.74, 6) is 0.499. The molecule has 0 aromatic heterocycles. The number of hydrogen-bond donors (Lipinski definition) is 1. The van der Waals surface area contributed by atoms with Gasteiger partial charge in [0.15, 0.2) is 0 Å². The minimum atomic E-state index is -0.173. The van der Waals surface area contributed by atoms with Gasteiger partial charge in [0, 0.05) is 23.7 Å². The van der Waals surface area contributed by atoms with Gasteiger partial charge in [0.25, 0.3) is 0 Å². The predicted molar refractivity (Wildman–Crippen MR) is 80.6 cm³/mol. The van der Waals surface area contributed by atoms with E-state index >= 15 is 0 Å². The molecule has 2 rings (SSSR count). The van der Waals surface area contributed by atoms with Gasteiger partial charge in [-0.3, -0.25) is 0 Å². The van der Waals surface area contributed by atoms with Gasteiger partial charge in [-0.05, 0) is 57.1 Å². The molecule has 0 radical (unpaired) electrons. The quantitative estimate of drug-likeness (QED) is 0.918. The Balaban J connectivity index is 0.00000180. The third-order valence-corrected chi connectivity index (χ3v) is 3.65. The van der Waals surface area contributed by atoms with Crippen molar-refractivity contribution in [2.75, 3.05) is 26.7 Å². The van der Waals surface area contributed by atoms with Crippen molar-refractivity contribution >= 4 is 24.0 Å². The second-order valence-corrected chi connectivity index (χ2v) is 5.58. The van der Waals surface area contributed by atoms with Crippen molar-refractivity contribution in [2.45, 2.75) is 19.4 Å². The van der Waals surface area contributed by atoms with E-state index in [1.54, 1.807) is 12.1 Å². The van der Waals surface area contributed by atoms with Gasteiger partial charge in [0.2, 0.25) is 0 Å². The van der Waals surface area contributed by atoms with Gasteiger partial charge < -0.3 is 10.2 Å². The molecule has 1 fully saturated rings. The van der Waals surface area contributed by atoms with Crippen LogP contribution in [0.25, 0.3) is 0 Å². The normalized spacial score (nSPS) is 19.3. The maximum atomic E-state index is 13.6. The standard InChI is InChI=1S/C14H20ClFN2.ClH/c1-18(9-11-3-2-6-17-8-11)10-12-7-13(15)4-5-14(12)16;/h4-5,7,11,17H,2-3,6,8-10H2,1H3;1H. The fraction of sp³-hybridized carbons (Fsp3) is 0.571. The fourth-order valence-corrected chi connectivity index (χ4v) is 2.74. The van der Waals surface area contributed by atoms with Gasteiger partial charge in [-0.25, -0.2) is 4.39 Å². The van der Waals surface area contributed by atoms with Crippen molar-refractivity contribution in [3.63, 3.8) is 0 Å². The Morgan fingerprint density at radius 2 is 2.26 bits per heavy atom. The van der Waals surface area contributed by atoms with E-state index in [2.05, 4.69) is 10.2 Å². The minimum Gasteiger partial charge on any atom is -0.316 e. The summed E-state index contributed by atoms with van der Waals surface area (Å²) in [5.41, 5.74) is 0.675. The summed E-state index contributed by atoms with van der Waals surface area (Å²) in [5, 5.41) is 4.00. The van der Waals surface area contributed by atoms with E-state index in [0.717, 1.165) is 19.6 Å². The lowest BCUT2D eigenvalue weighted by atomic mass is 9.99. The molecule has 0 amide bonds. The van der Waals surface area contributed by atoms with Crippen molar-refractivity contribution in [3.8, 4) is 0 Å². The molecule has 1 aromatic carbocycles. The Bertz CT molecular complexity index is 395. The van der Waals surface area contributed by atoms with Crippen LogP contribution >= 0.6 is 24.0 Å². The Kier molecular flexibility index (Phi) is 7.08. The number of nitrogens with zero attached hydrogens (tertiary/aromatic N) is 1. The molecule has 0 bridgehead atoms. The molecule has 0 aliphatic carbocycles. The number of hydrogen-bond acceptors (Lipinski definition) is 2. The van der Waals surface area contributed by atoms with Crippen LogP contribution in [0.5, 0.6) is 0 Å². The third-order valence-electron chi connectivity index (χ3n) is 3.42. The first-order chi connectivity index (χ1) is 8.65. The Labute approximate surface area is 125 Å². The monoisotopic (exact) mass is 306 g/mol. The Morgan fingerprint density at radius 1 is 1.47 bits per heavy atom. The van der Waals surface area contributed by atoms with Gasteiger partial charge in [-0.1, -0.05) is 11.6 Å². The van der Waals surface area contributed by atoms with E-state index in [9.17, 15) is 4.39 Å². The molecule has 108 valence electrons.